The summed E-state index contributed by atoms with van der Waals surface area (Å²) in [5, 5.41) is 8.39. The number of carboxylic acids is 1. The largest absolute Gasteiger partial charge is 0.479 e. The number of hydrogen-bond donors (Lipinski definition) is 2. The number of nitrogens with one attached hydrogen (secondary N) is 1. The molecule has 2 rings (SSSR count). The lowest BCUT2D eigenvalue weighted by atomic mass is 9.95. The predicted molar refractivity (Wildman–Crippen MR) is 59.1 cm³/mol. The van der Waals surface area contributed by atoms with Crippen LogP contribution in [0.15, 0.2) is 30.3 Å². The Kier molecular flexibility index (Phi) is 3.10. The number of hydroxylamine groups is 1. The number of carbonyl (C=O) groups is 2. The minimum Gasteiger partial charge on any atom is -0.479 e. The second-order valence-corrected chi connectivity index (χ2v) is 4.06. The Morgan fingerprint density at radius 3 is 2.47 bits per heavy atom. The van der Waals surface area contributed by atoms with Gasteiger partial charge in [0.05, 0.1) is 5.41 Å². The summed E-state index contributed by atoms with van der Waals surface area (Å²) in [5.41, 5.74) is 2.61. The monoisotopic (exact) mass is 235 g/mol. The molecule has 0 unspecified atom stereocenters. The van der Waals surface area contributed by atoms with Gasteiger partial charge in [0.15, 0.2) is 6.61 Å². The van der Waals surface area contributed by atoms with Gasteiger partial charge in [-0.2, -0.15) is 0 Å². The fraction of sp³-hybridized carbons (Fsp3) is 0.333. The molecule has 0 aliphatic heterocycles. The zero-order valence-corrected chi connectivity index (χ0v) is 9.18. The van der Waals surface area contributed by atoms with Gasteiger partial charge in [-0.05, 0) is 18.4 Å². The van der Waals surface area contributed by atoms with E-state index in [0.717, 1.165) is 18.4 Å². The molecule has 0 aromatic heterocycles. The molecule has 1 aliphatic carbocycles. The summed E-state index contributed by atoms with van der Waals surface area (Å²) < 4.78 is 0. The van der Waals surface area contributed by atoms with Gasteiger partial charge in [0.2, 0.25) is 0 Å². The summed E-state index contributed by atoms with van der Waals surface area (Å²) in [6.07, 6.45) is 1.53. The van der Waals surface area contributed by atoms with Crippen LogP contribution in [-0.4, -0.2) is 23.6 Å². The first kappa shape index (κ1) is 11.6. The first-order valence-corrected chi connectivity index (χ1v) is 5.35. The summed E-state index contributed by atoms with van der Waals surface area (Å²) in [6, 6.07) is 9.42. The van der Waals surface area contributed by atoms with Crippen LogP contribution in [-0.2, 0) is 19.8 Å². The second-order valence-electron chi connectivity index (χ2n) is 4.06. The highest BCUT2D eigenvalue weighted by Gasteiger charge is 2.51. The van der Waals surface area contributed by atoms with Crippen molar-refractivity contribution in [3.8, 4) is 0 Å². The zero-order chi connectivity index (χ0) is 12.3. The van der Waals surface area contributed by atoms with Gasteiger partial charge < -0.3 is 5.11 Å². The standard InChI is InChI=1S/C12H13NO4/c14-10(15)8-17-13-11(16)12(6-7-12)9-4-2-1-3-5-9/h1-5H,6-8H2,(H,13,16)(H,14,15). The average molecular weight is 235 g/mol. The Morgan fingerprint density at radius 1 is 1.29 bits per heavy atom. The van der Waals surface area contributed by atoms with E-state index in [2.05, 4.69) is 10.3 Å². The van der Waals surface area contributed by atoms with Crippen molar-refractivity contribution < 1.29 is 19.5 Å². The van der Waals surface area contributed by atoms with E-state index in [1.165, 1.54) is 0 Å². The Balaban J connectivity index is 1.97. The molecule has 0 bridgehead atoms. The molecule has 5 nitrogen and oxygen atoms in total. The Morgan fingerprint density at radius 2 is 1.94 bits per heavy atom. The van der Waals surface area contributed by atoms with Gasteiger partial charge in [-0.1, -0.05) is 30.3 Å². The van der Waals surface area contributed by atoms with Gasteiger partial charge in [0.25, 0.3) is 5.91 Å². The first-order valence-electron chi connectivity index (χ1n) is 5.35. The van der Waals surface area contributed by atoms with Crippen LogP contribution in [0, 0.1) is 0 Å². The second kappa shape index (κ2) is 4.55. The Labute approximate surface area is 98.3 Å². The van der Waals surface area contributed by atoms with Crippen LogP contribution >= 0.6 is 0 Å². The van der Waals surface area contributed by atoms with Crippen molar-refractivity contribution in [2.24, 2.45) is 0 Å². The molecule has 0 atom stereocenters. The van der Waals surface area contributed by atoms with Crippen LogP contribution in [0.2, 0.25) is 0 Å². The van der Waals surface area contributed by atoms with Crippen LogP contribution < -0.4 is 5.48 Å². The molecule has 0 spiro atoms. The minimum atomic E-state index is -1.12. The highest BCUT2D eigenvalue weighted by molar-refractivity contribution is 5.90. The van der Waals surface area contributed by atoms with E-state index < -0.39 is 18.0 Å². The van der Waals surface area contributed by atoms with E-state index in [1.54, 1.807) is 0 Å². The van der Waals surface area contributed by atoms with Crippen molar-refractivity contribution in [3.63, 3.8) is 0 Å². The predicted octanol–water partition coefficient (Wildman–Crippen LogP) is 0.851. The molecule has 1 fully saturated rings. The van der Waals surface area contributed by atoms with Crippen LogP contribution in [0.1, 0.15) is 18.4 Å². The third-order valence-electron chi connectivity index (χ3n) is 2.87. The molecule has 90 valence electrons. The fourth-order valence-corrected chi connectivity index (χ4v) is 1.79. The molecular weight excluding hydrogens is 222 g/mol. The molecule has 2 N–H and O–H groups in total. The molecule has 1 aromatic rings. The van der Waals surface area contributed by atoms with Crippen LogP contribution in [0.5, 0.6) is 0 Å². The molecule has 1 amide bonds. The van der Waals surface area contributed by atoms with Gasteiger partial charge in [0, 0.05) is 0 Å². The van der Waals surface area contributed by atoms with E-state index in [1.807, 2.05) is 30.3 Å². The molecule has 0 radical (unpaired) electrons. The highest BCUT2D eigenvalue weighted by atomic mass is 16.7. The number of aliphatic carboxylic acids is 1. The number of amides is 1. The van der Waals surface area contributed by atoms with Crippen molar-refractivity contribution in [1.82, 2.24) is 5.48 Å². The van der Waals surface area contributed by atoms with E-state index in [-0.39, 0.29) is 5.91 Å². The average Bonchev–Trinajstić information content (AvgIpc) is 3.11. The maximum atomic E-state index is 11.9. The maximum Gasteiger partial charge on any atom is 0.332 e. The summed E-state index contributed by atoms with van der Waals surface area (Å²) in [4.78, 5) is 26.7. The van der Waals surface area contributed by atoms with Gasteiger partial charge in [0.1, 0.15) is 0 Å². The van der Waals surface area contributed by atoms with Crippen molar-refractivity contribution in [3.05, 3.63) is 35.9 Å². The van der Waals surface area contributed by atoms with Gasteiger partial charge in [-0.15, -0.1) is 0 Å². The Hall–Kier alpha value is -1.88. The van der Waals surface area contributed by atoms with E-state index in [9.17, 15) is 9.59 Å². The number of benzene rings is 1. The SMILES string of the molecule is O=C(O)CONC(=O)C1(c2ccccc2)CC1. The lowest BCUT2D eigenvalue weighted by molar-refractivity contribution is -0.150. The van der Waals surface area contributed by atoms with Crippen LogP contribution in [0.3, 0.4) is 0 Å². The topological polar surface area (TPSA) is 75.6 Å². The van der Waals surface area contributed by atoms with Crippen LogP contribution in [0.25, 0.3) is 0 Å². The van der Waals surface area contributed by atoms with Crippen molar-refractivity contribution in [2.45, 2.75) is 18.3 Å². The number of hydrogen-bond acceptors (Lipinski definition) is 3. The van der Waals surface area contributed by atoms with Gasteiger partial charge in [-0.25, -0.2) is 10.3 Å². The summed E-state index contributed by atoms with van der Waals surface area (Å²) in [7, 11) is 0. The molecule has 1 aromatic carbocycles. The van der Waals surface area contributed by atoms with Crippen molar-refractivity contribution in [2.75, 3.05) is 6.61 Å². The lowest BCUT2D eigenvalue weighted by Crippen LogP contribution is -2.35. The summed E-state index contributed by atoms with van der Waals surface area (Å²) >= 11 is 0. The Bertz CT molecular complexity index is 425. The van der Waals surface area contributed by atoms with E-state index >= 15 is 0 Å². The van der Waals surface area contributed by atoms with Crippen molar-refractivity contribution >= 4 is 11.9 Å². The molecule has 1 aliphatic rings. The number of rotatable bonds is 5. The van der Waals surface area contributed by atoms with E-state index in [4.69, 9.17) is 5.11 Å². The van der Waals surface area contributed by atoms with Crippen LogP contribution in [0.4, 0.5) is 0 Å². The number of carboxylic acid groups (broad SMARTS) is 1. The zero-order valence-electron chi connectivity index (χ0n) is 9.18. The smallest absolute Gasteiger partial charge is 0.332 e. The van der Waals surface area contributed by atoms with Crippen molar-refractivity contribution in [1.29, 1.82) is 0 Å². The summed E-state index contributed by atoms with van der Waals surface area (Å²) in [5.74, 6) is -1.39. The van der Waals surface area contributed by atoms with Gasteiger partial charge >= 0.3 is 5.97 Å². The summed E-state index contributed by atoms with van der Waals surface area (Å²) in [6.45, 7) is -0.531. The maximum absolute atomic E-state index is 11.9. The molecule has 1 saturated carbocycles. The fourth-order valence-electron chi connectivity index (χ4n) is 1.79. The molecule has 5 heteroatoms. The molecule has 0 saturated heterocycles. The molecule has 17 heavy (non-hydrogen) atoms. The normalized spacial score (nSPS) is 16.2. The van der Waals surface area contributed by atoms with Gasteiger partial charge in [-0.3, -0.25) is 9.63 Å². The highest BCUT2D eigenvalue weighted by Crippen LogP contribution is 2.48. The van der Waals surface area contributed by atoms with E-state index in [0.29, 0.717) is 0 Å². The minimum absolute atomic E-state index is 0.273. The first-order chi connectivity index (χ1) is 8.15. The molecular formula is C12H13NO4. The lowest BCUT2D eigenvalue weighted by Gasteiger charge is -2.14. The number of carbonyl (C=O) groups excluding carboxylic acids is 1. The third-order valence-corrected chi connectivity index (χ3v) is 2.87. The quantitative estimate of drug-likeness (QED) is 0.742. The molecule has 0 heterocycles. The third kappa shape index (κ3) is 2.45.